The van der Waals surface area contributed by atoms with Gasteiger partial charge in [-0.05, 0) is 34.6 Å². The lowest BCUT2D eigenvalue weighted by atomic mass is 9.77. The van der Waals surface area contributed by atoms with Crippen molar-refractivity contribution in [3.63, 3.8) is 0 Å². The number of Topliss-reactive ketones (excluding diaryl/α,β-unsaturated/α-hetero) is 1. The predicted molar refractivity (Wildman–Crippen MR) is 69.0 cm³/mol. The fraction of sp³-hybridized carbons (Fsp3) is 0.714. The first-order valence-corrected chi connectivity index (χ1v) is 6.09. The van der Waals surface area contributed by atoms with E-state index in [1.807, 2.05) is 27.7 Å². The van der Waals surface area contributed by atoms with Crippen molar-refractivity contribution >= 4 is 11.9 Å². The zero-order valence-corrected chi connectivity index (χ0v) is 11.8. The van der Waals surface area contributed by atoms with Gasteiger partial charge in [-0.25, -0.2) is 4.79 Å². The third kappa shape index (κ3) is 3.49. The standard InChI is InChI=1S/C14H21NO3/c1-6-7-8-11(16)14(5)9-15(10-14)12(17)18-13(2,3)4/h8-10H2,1-5H3. The van der Waals surface area contributed by atoms with Gasteiger partial charge >= 0.3 is 6.09 Å². The van der Waals surface area contributed by atoms with Gasteiger partial charge in [0, 0.05) is 13.1 Å². The fourth-order valence-electron chi connectivity index (χ4n) is 1.81. The quantitative estimate of drug-likeness (QED) is 0.707. The molecule has 1 heterocycles. The van der Waals surface area contributed by atoms with Gasteiger partial charge in [0.2, 0.25) is 0 Å². The molecule has 0 aromatic rings. The highest BCUT2D eigenvalue weighted by Crippen LogP contribution is 2.32. The van der Waals surface area contributed by atoms with Crippen molar-refractivity contribution in [2.75, 3.05) is 13.1 Å². The Balaban J connectivity index is 2.49. The highest BCUT2D eigenvalue weighted by atomic mass is 16.6. The van der Waals surface area contributed by atoms with Crippen molar-refractivity contribution in [3.05, 3.63) is 0 Å². The van der Waals surface area contributed by atoms with Gasteiger partial charge < -0.3 is 9.64 Å². The number of likely N-dealkylation sites (tertiary alicyclic amines) is 1. The molecule has 1 aliphatic rings. The first-order valence-electron chi connectivity index (χ1n) is 6.09. The summed E-state index contributed by atoms with van der Waals surface area (Å²) in [6.45, 7) is 9.90. The average molecular weight is 251 g/mol. The van der Waals surface area contributed by atoms with Crippen LogP contribution in [0.1, 0.15) is 41.0 Å². The van der Waals surface area contributed by atoms with Gasteiger partial charge in [0.15, 0.2) is 5.78 Å². The second-order valence-electron chi connectivity index (χ2n) is 5.92. The number of hydrogen-bond donors (Lipinski definition) is 0. The van der Waals surface area contributed by atoms with Crippen LogP contribution in [-0.4, -0.2) is 35.5 Å². The summed E-state index contributed by atoms with van der Waals surface area (Å²) in [5.74, 6) is 5.57. The lowest BCUT2D eigenvalue weighted by Crippen LogP contribution is -2.61. The van der Waals surface area contributed by atoms with E-state index in [2.05, 4.69) is 11.8 Å². The number of carbonyl (C=O) groups excluding carboxylic acids is 2. The maximum absolute atomic E-state index is 11.9. The molecule has 1 fully saturated rings. The Labute approximate surface area is 109 Å². The highest BCUT2D eigenvalue weighted by molar-refractivity contribution is 5.89. The zero-order valence-electron chi connectivity index (χ0n) is 11.8. The molecule has 0 unspecified atom stereocenters. The molecule has 1 amide bonds. The van der Waals surface area contributed by atoms with Crippen molar-refractivity contribution in [2.24, 2.45) is 5.41 Å². The Morgan fingerprint density at radius 2 is 1.89 bits per heavy atom. The predicted octanol–water partition coefficient (Wildman–Crippen LogP) is 2.23. The Bertz CT molecular complexity index is 403. The van der Waals surface area contributed by atoms with E-state index in [4.69, 9.17) is 4.74 Å². The largest absolute Gasteiger partial charge is 0.444 e. The third-order valence-corrected chi connectivity index (χ3v) is 2.83. The van der Waals surface area contributed by atoms with Crippen LogP contribution >= 0.6 is 0 Å². The summed E-state index contributed by atoms with van der Waals surface area (Å²) in [7, 11) is 0. The van der Waals surface area contributed by atoms with E-state index in [-0.39, 0.29) is 18.3 Å². The van der Waals surface area contributed by atoms with Crippen molar-refractivity contribution in [1.82, 2.24) is 4.90 Å². The Morgan fingerprint density at radius 3 is 2.33 bits per heavy atom. The second-order valence-corrected chi connectivity index (χ2v) is 5.92. The third-order valence-electron chi connectivity index (χ3n) is 2.83. The topological polar surface area (TPSA) is 46.6 Å². The molecule has 4 heteroatoms. The summed E-state index contributed by atoms with van der Waals surface area (Å²) in [4.78, 5) is 25.2. The maximum Gasteiger partial charge on any atom is 0.410 e. The Hall–Kier alpha value is -1.50. The average Bonchev–Trinajstić information content (AvgIpc) is 2.18. The molecular formula is C14H21NO3. The van der Waals surface area contributed by atoms with Crippen LogP contribution in [0.25, 0.3) is 0 Å². The van der Waals surface area contributed by atoms with Gasteiger partial charge in [0.25, 0.3) is 0 Å². The lowest BCUT2D eigenvalue weighted by molar-refractivity contribution is -0.135. The molecule has 0 aliphatic carbocycles. The molecule has 0 spiro atoms. The number of carbonyl (C=O) groups is 2. The van der Waals surface area contributed by atoms with Crippen LogP contribution in [0.15, 0.2) is 0 Å². The molecule has 0 N–H and O–H groups in total. The van der Waals surface area contributed by atoms with Crippen molar-refractivity contribution in [2.45, 2.75) is 46.6 Å². The molecule has 0 aromatic heterocycles. The van der Waals surface area contributed by atoms with Gasteiger partial charge in [-0.1, -0.05) is 5.92 Å². The smallest absolute Gasteiger partial charge is 0.410 e. The van der Waals surface area contributed by atoms with Crippen LogP contribution < -0.4 is 0 Å². The molecule has 18 heavy (non-hydrogen) atoms. The van der Waals surface area contributed by atoms with Crippen LogP contribution in [0.2, 0.25) is 0 Å². The number of amides is 1. The summed E-state index contributed by atoms with van der Waals surface area (Å²) in [5, 5.41) is 0. The first-order chi connectivity index (χ1) is 8.18. The Kier molecular flexibility index (Phi) is 4.05. The zero-order chi connectivity index (χ0) is 14.0. The summed E-state index contributed by atoms with van der Waals surface area (Å²) in [6, 6.07) is 0. The molecule has 1 aliphatic heterocycles. The minimum absolute atomic E-state index is 0.0941. The van der Waals surface area contributed by atoms with Crippen LogP contribution in [0, 0.1) is 17.3 Å². The van der Waals surface area contributed by atoms with E-state index in [0.717, 1.165) is 0 Å². The van der Waals surface area contributed by atoms with Gasteiger partial charge in [-0.3, -0.25) is 4.79 Å². The molecule has 0 atom stereocenters. The molecule has 1 rings (SSSR count). The SMILES string of the molecule is CC#CCC(=O)C1(C)CN(C(=O)OC(C)(C)C)C1. The number of nitrogens with zero attached hydrogens (tertiary/aromatic N) is 1. The van der Waals surface area contributed by atoms with Gasteiger partial charge in [0.1, 0.15) is 5.60 Å². The number of hydrogen-bond acceptors (Lipinski definition) is 3. The van der Waals surface area contributed by atoms with E-state index in [1.165, 1.54) is 0 Å². The Morgan fingerprint density at radius 1 is 1.33 bits per heavy atom. The summed E-state index contributed by atoms with van der Waals surface area (Å²) < 4.78 is 5.24. The molecule has 0 saturated carbocycles. The molecule has 4 nitrogen and oxygen atoms in total. The summed E-state index contributed by atoms with van der Waals surface area (Å²) in [5.41, 5.74) is -0.957. The first kappa shape index (κ1) is 14.6. The number of rotatable bonds is 2. The monoisotopic (exact) mass is 251 g/mol. The van der Waals surface area contributed by atoms with E-state index >= 15 is 0 Å². The number of ether oxygens (including phenoxy) is 1. The van der Waals surface area contributed by atoms with E-state index in [1.54, 1.807) is 11.8 Å². The second kappa shape index (κ2) is 5.01. The van der Waals surface area contributed by atoms with Gasteiger partial charge in [-0.15, -0.1) is 5.92 Å². The fourth-order valence-corrected chi connectivity index (χ4v) is 1.81. The molecule has 100 valence electrons. The molecular weight excluding hydrogens is 230 g/mol. The number of ketones is 1. The van der Waals surface area contributed by atoms with Crippen molar-refractivity contribution < 1.29 is 14.3 Å². The van der Waals surface area contributed by atoms with Gasteiger partial charge in [-0.2, -0.15) is 0 Å². The molecule has 1 saturated heterocycles. The minimum atomic E-state index is -0.499. The van der Waals surface area contributed by atoms with Crippen LogP contribution in [0.4, 0.5) is 4.79 Å². The van der Waals surface area contributed by atoms with E-state index < -0.39 is 11.0 Å². The molecule has 0 aromatic carbocycles. The van der Waals surface area contributed by atoms with Crippen molar-refractivity contribution in [3.8, 4) is 11.8 Å². The maximum atomic E-state index is 11.9. The summed E-state index contributed by atoms with van der Waals surface area (Å²) >= 11 is 0. The normalized spacial score (nSPS) is 17.3. The van der Waals surface area contributed by atoms with Crippen molar-refractivity contribution in [1.29, 1.82) is 0 Å². The van der Waals surface area contributed by atoms with E-state index in [0.29, 0.717) is 13.1 Å². The molecule has 0 bridgehead atoms. The van der Waals surface area contributed by atoms with Crippen LogP contribution in [-0.2, 0) is 9.53 Å². The van der Waals surface area contributed by atoms with E-state index in [9.17, 15) is 9.59 Å². The summed E-state index contributed by atoms with van der Waals surface area (Å²) in [6.07, 6.45) is -0.0934. The minimum Gasteiger partial charge on any atom is -0.444 e. The van der Waals surface area contributed by atoms with Crippen LogP contribution in [0.5, 0.6) is 0 Å². The lowest BCUT2D eigenvalue weighted by Gasteiger charge is -2.46. The van der Waals surface area contributed by atoms with Crippen LogP contribution in [0.3, 0.4) is 0 Å². The van der Waals surface area contributed by atoms with Gasteiger partial charge in [0.05, 0.1) is 11.8 Å². The molecule has 0 radical (unpaired) electrons. The highest BCUT2D eigenvalue weighted by Gasteiger charge is 2.47.